The maximum Gasteiger partial charge on any atom is 0.243 e. The van der Waals surface area contributed by atoms with Crippen LogP contribution in [0.1, 0.15) is 12.8 Å². The Bertz CT molecular complexity index is 179. The van der Waals surface area contributed by atoms with Gasteiger partial charge in [0.2, 0.25) is 5.91 Å². The number of nitrogens with one attached hydrogen (secondary N) is 1. The summed E-state index contributed by atoms with van der Waals surface area (Å²) in [5.41, 5.74) is 10.4. The normalized spacial score (nSPS) is 12.6. The molecule has 0 rings (SSSR count). The molecule has 0 fully saturated rings. The molecule has 0 aromatic carbocycles. The molecule has 0 aromatic rings. The van der Waals surface area contributed by atoms with Gasteiger partial charge in [0.25, 0.3) is 0 Å². The maximum absolute atomic E-state index is 10.4. The van der Waals surface area contributed by atoms with Crippen molar-refractivity contribution in [3.63, 3.8) is 0 Å². The van der Waals surface area contributed by atoms with Crippen LogP contribution < -0.4 is 16.8 Å². The standard InChI is InChI=1S/C10H23N3O3/c1-15-7-9(3-2-4-11)13-5-6-16-8-10(12)14/h9,13H,2-8,11H2,1H3,(H2,12,14). The molecule has 0 heterocycles. The van der Waals surface area contributed by atoms with E-state index in [2.05, 4.69) is 5.32 Å². The first kappa shape index (κ1) is 15.3. The van der Waals surface area contributed by atoms with Gasteiger partial charge in [0.15, 0.2) is 0 Å². The zero-order valence-electron chi connectivity index (χ0n) is 9.91. The van der Waals surface area contributed by atoms with E-state index in [1.54, 1.807) is 7.11 Å². The lowest BCUT2D eigenvalue weighted by atomic mass is 10.1. The van der Waals surface area contributed by atoms with Gasteiger partial charge < -0.3 is 26.3 Å². The molecule has 0 spiro atoms. The number of ether oxygens (including phenoxy) is 2. The predicted octanol–water partition coefficient (Wildman–Crippen LogP) is -1.17. The Kier molecular flexibility index (Phi) is 10.3. The predicted molar refractivity (Wildman–Crippen MR) is 62.0 cm³/mol. The Morgan fingerprint density at radius 1 is 1.50 bits per heavy atom. The largest absolute Gasteiger partial charge is 0.383 e. The van der Waals surface area contributed by atoms with E-state index in [0.717, 1.165) is 12.8 Å². The van der Waals surface area contributed by atoms with Crippen molar-refractivity contribution in [1.82, 2.24) is 5.32 Å². The molecule has 16 heavy (non-hydrogen) atoms. The van der Waals surface area contributed by atoms with Crippen LogP contribution in [0.5, 0.6) is 0 Å². The number of rotatable bonds is 11. The lowest BCUT2D eigenvalue weighted by Gasteiger charge is -2.17. The molecular weight excluding hydrogens is 210 g/mol. The maximum atomic E-state index is 10.4. The van der Waals surface area contributed by atoms with E-state index < -0.39 is 5.91 Å². The van der Waals surface area contributed by atoms with E-state index in [1.807, 2.05) is 0 Å². The van der Waals surface area contributed by atoms with Crippen LogP contribution >= 0.6 is 0 Å². The first-order valence-corrected chi connectivity index (χ1v) is 5.49. The smallest absolute Gasteiger partial charge is 0.243 e. The quantitative estimate of drug-likeness (QED) is 0.391. The molecule has 0 radical (unpaired) electrons. The van der Waals surface area contributed by atoms with Gasteiger partial charge in [0.05, 0.1) is 13.2 Å². The van der Waals surface area contributed by atoms with Gasteiger partial charge in [-0.3, -0.25) is 4.79 Å². The molecule has 96 valence electrons. The minimum Gasteiger partial charge on any atom is -0.383 e. The summed E-state index contributed by atoms with van der Waals surface area (Å²) in [4.78, 5) is 10.4. The number of hydrogen-bond donors (Lipinski definition) is 3. The first-order valence-electron chi connectivity index (χ1n) is 5.49. The van der Waals surface area contributed by atoms with Crippen LogP contribution in [0, 0.1) is 0 Å². The highest BCUT2D eigenvalue weighted by Gasteiger charge is 2.06. The summed E-state index contributed by atoms with van der Waals surface area (Å²) in [6.45, 7) is 2.44. The van der Waals surface area contributed by atoms with E-state index >= 15 is 0 Å². The van der Waals surface area contributed by atoms with Crippen molar-refractivity contribution >= 4 is 5.91 Å². The Morgan fingerprint density at radius 3 is 2.81 bits per heavy atom. The second-order valence-corrected chi connectivity index (χ2v) is 3.56. The van der Waals surface area contributed by atoms with Gasteiger partial charge in [-0.1, -0.05) is 0 Å². The van der Waals surface area contributed by atoms with Gasteiger partial charge in [0, 0.05) is 19.7 Å². The molecule has 0 saturated heterocycles. The van der Waals surface area contributed by atoms with E-state index in [4.69, 9.17) is 20.9 Å². The molecule has 1 unspecified atom stereocenters. The van der Waals surface area contributed by atoms with E-state index in [1.165, 1.54) is 0 Å². The Morgan fingerprint density at radius 2 is 2.25 bits per heavy atom. The van der Waals surface area contributed by atoms with Gasteiger partial charge in [-0.25, -0.2) is 0 Å². The summed E-state index contributed by atoms with van der Waals surface area (Å²) in [6, 6.07) is 0.283. The molecule has 0 aliphatic rings. The summed E-state index contributed by atoms with van der Waals surface area (Å²) in [7, 11) is 1.67. The minimum absolute atomic E-state index is 0.0283. The number of methoxy groups -OCH3 is 1. The number of carbonyl (C=O) groups is 1. The van der Waals surface area contributed by atoms with E-state index in [9.17, 15) is 4.79 Å². The van der Waals surface area contributed by atoms with Crippen molar-refractivity contribution < 1.29 is 14.3 Å². The number of primary amides is 1. The summed E-state index contributed by atoms with van der Waals surface area (Å²) >= 11 is 0. The third-order valence-corrected chi connectivity index (χ3v) is 2.05. The lowest BCUT2D eigenvalue weighted by molar-refractivity contribution is -0.122. The van der Waals surface area contributed by atoms with Crippen LogP contribution in [-0.4, -0.2) is 52.0 Å². The molecule has 6 nitrogen and oxygen atoms in total. The average molecular weight is 233 g/mol. The Hall–Kier alpha value is -0.690. The van der Waals surface area contributed by atoms with Crippen LogP contribution in [0.15, 0.2) is 0 Å². The second kappa shape index (κ2) is 10.8. The Balaban J connectivity index is 3.47. The fraction of sp³-hybridized carbons (Fsp3) is 0.900. The average Bonchev–Trinajstić information content (AvgIpc) is 2.24. The van der Waals surface area contributed by atoms with Crippen molar-refractivity contribution in [3.8, 4) is 0 Å². The molecule has 0 aliphatic carbocycles. The fourth-order valence-corrected chi connectivity index (χ4v) is 1.32. The topological polar surface area (TPSA) is 99.6 Å². The monoisotopic (exact) mass is 233 g/mol. The van der Waals surface area contributed by atoms with Crippen molar-refractivity contribution in [2.45, 2.75) is 18.9 Å². The molecular formula is C10H23N3O3. The summed E-state index contributed by atoms with van der Waals surface area (Å²) < 4.78 is 10.1. The molecule has 5 N–H and O–H groups in total. The number of carbonyl (C=O) groups excluding carboxylic acids is 1. The summed E-state index contributed by atoms with van der Waals surface area (Å²) in [5, 5.41) is 3.27. The third kappa shape index (κ3) is 9.85. The van der Waals surface area contributed by atoms with Gasteiger partial charge in [-0.15, -0.1) is 0 Å². The van der Waals surface area contributed by atoms with E-state index in [-0.39, 0.29) is 12.6 Å². The van der Waals surface area contributed by atoms with Gasteiger partial charge in [0.1, 0.15) is 6.61 Å². The number of amides is 1. The summed E-state index contributed by atoms with van der Waals surface area (Å²) in [6.07, 6.45) is 1.93. The van der Waals surface area contributed by atoms with E-state index in [0.29, 0.717) is 26.3 Å². The molecule has 0 bridgehead atoms. The van der Waals surface area contributed by atoms with Crippen LogP contribution in [0.25, 0.3) is 0 Å². The van der Waals surface area contributed by atoms with Gasteiger partial charge in [-0.05, 0) is 19.4 Å². The number of nitrogens with two attached hydrogens (primary N) is 2. The van der Waals surface area contributed by atoms with Crippen molar-refractivity contribution in [1.29, 1.82) is 0 Å². The highest BCUT2D eigenvalue weighted by atomic mass is 16.5. The summed E-state index contributed by atoms with van der Waals surface area (Å²) in [5.74, 6) is -0.448. The van der Waals surface area contributed by atoms with Crippen LogP contribution in [0.3, 0.4) is 0 Å². The van der Waals surface area contributed by atoms with Crippen molar-refractivity contribution in [2.75, 3.05) is 40.0 Å². The molecule has 6 heteroatoms. The van der Waals surface area contributed by atoms with Crippen molar-refractivity contribution in [2.24, 2.45) is 11.5 Å². The van der Waals surface area contributed by atoms with Gasteiger partial charge >= 0.3 is 0 Å². The molecule has 0 saturated carbocycles. The van der Waals surface area contributed by atoms with Gasteiger partial charge in [-0.2, -0.15) is 0 Å². The highest BCUT2D eigenvalue weighted by Crippen LogP contribution is 1.96. The molecule has 1 atom stereocenters. The lowest BCUT2D eigenvalue weighted by Crippen LogP contribution is -2.36. The van der Waals surface area contributed by atoms with Crippen LogP contribution in [0.4, 0.5) is 0 Å². The molecule has 0 aromatic heterocycles. The molecule has 1 amide bonds. The van der Waals surface area contributed by atoms with Crippen LogP contribution in [0.2, 0.25) is 0 Å². The molecule has 0 aliphatic heterocycles. The zero-order valence-corrected chi connectivity index (χ0v) is 9.91. The van der Waals surface area contributed by atoms with Crippen LogP contribution in [-0.2, 0) is 14.3 Å². The number of hydrogen-bond acceptors (Lipinski definition) is 5. The highest BCUT2D eigenvalue weighted by molar-refractivity contribution is 5.74. The fourth-order valence-electron chi connectivity index (χ4n) is 1.32. The Labute approximate surface area is 96.6 Å². The third-order valence-electron chi connectivity index (χ3n) is 2.05. The van der Waals surface area contributed by atoms with Crippen molar-refractivity contribution in [3.05, 3.63) is 0 Å². The first-order chi connectivity index (χ1) is 7.70. The second-order valence-electron chi connectivity index (χ2n) is 3.56. The SMILES string of the molecule is COCC(CCCN)NCCOCC(N)=O. The zero-order chi connectivity index (χ0) is 12.2. The minimum atomic E-state index is -0.448.